The number of halogens is 3. The summed E-state index contributed by atoms with van der Waals surface area (Å²) in [6, 6.07) is 7.62. The van der Waals surface area contributed by atoms with Gasteiger partial charge in [-0.1, -0.05) is 12.6 Å². The number of aryl methyl sites for hydroxylation is 1. The first-order valence-corrected chi connectivity index (χ1v) is 12.5. The largest absolute Gasteiger partial charge is 0.495 e. The second-order valence-corrected chi connectivity index (χ2v) is 9.38. The van der Waals surface area contributed by atoms with Crippen LogP contribution in [0.15, 0.2) is 75.7 Å². The Labute approximate surface area is 236 Å². The molecule has 0 bridgehead atoms. The molecule has 0 saturated carbocycles. The topological polar surface area (TPSA) is 120 Å². The molecule has 13 heteroatoms. The van der Waals surface area contributed by atoms with Crippen molar-refractivity contribution in [1.82, 2.24) is 9.80 Å². The molecule has 2 aromatic carbocycles. The summed E-state index contributed by atoms with van der Waals surface area (Å²) in [5.74, 6) is 0.0337. The molecule has 218 valence electrons. The number of nitrogens with two attached hydrogens (primary N) is 1. The molecule has 1 aliphatic heterocycles. The number of carbonyl (C=O) groups is 1. The molecule has 0 atom stereocenters. The summed E-state index contributed by atoms with van der Waals surface area (Å²) in [6.07, 6.45) is -1.69. The number of guanidine groups is 1. The summed E-state index contributed by atoms with van der Waals surface area (Å²) >= 11 is 0. The van der Waals surface area contributed by atoms with E-state index in [1.165, 1.54) is 19.4 Å². The number of benzene rings is 2. The molecule has 0 radical (unpaired) electrons. The number of hydrogen-bond donors (Lipinski definition) is 3. The molecule has 3 rings (SSSR count). The van der Waals surface area contributed by atoms with Crippen LogP contribution < -0.4 is 21.1 Å². The number of rotatable bonds is 9. The molecule has 0 saturated heterocycles. The highest BCUT2D eigenvalue weighted by molar-refractivity contribution is 6.41. The fourth-order valence-corrected chi connectivity index (χ4v) is 3.67. The van der Waals surface area contributed by atoms with Crippen LogP contribution in [0.4, 0.5) is 24.5 Å². The minimum Gasteiger partial charge on any atom is -0.495 e. The summed E-state index contributed by atoms with van der Waals surface area (Å²) in [6.45, 7) is 6.90. The Morgan fingerprint density at radius 2 is 1.85 bits per heavy atom. The van der Waals surface area contributed by atoms with Crippen molar-refractivity contribution in [2.45, 2.75) is 13.1 Å². The third-order valence-electron chi connectivity index (χ3n) is 6.01. The molecule has 0 spiro atoms. The average Bonchev–Trinajstić information content (AvgIpc) is 2.92. The van der Waals surface area contributed by atoms with Gasteiger partial charge in [-0.3, -0.25) is 9.79 Å². The summed E-state index contributed by atoms with van der Waals surface area (Å²) < 4.78 is 44.8. The number of nitrogens with one attached hydrogen (secondary N) is 2. The third kappa shape index (κ3) is 7.94. The van der Waals surface area contributed by atoms with E-state index in [0.717, 1.165) is 30.3 Å². The molecule has 0 fully saturated rings. The first-order valence-electron chi connectivity index (χ1n) is 12.5. The van der Waals surface area contributed by atoms with Crippen molar-refractivity contribution in [2.75, 3.05) is 52.0 Å². The smallest absolute Gasteiger partial charge is 0.416 e. The maximum atomic E-state index is 13.2. The van der Waals surface area contributed by atoms with Gasteiger partial charge in [-0.25, -0.2) is 9.98 Å². The minimum absolute atomic E-state index is 0.0861. The highest BCUT2D eigenvalue weighted by Gasteiger charge is 2.31. The fraction of sp³-hybridized carbons (Fsp3) is 0.286. The van der Waals surface area contributed by atoms with Crippen molar-refractivity contribution in [3.05, 3.63) is 77.4 Å². The lowest BCUT2D eigenvalue weighted by Crippen LogP contribution is -2.35. The SMILES string of the molecule is C=C/N=C1/C=NC(N(C)CCN(C)C)=N/C1=C(/N)Nc1cc(C(=O)Nc2cc(C(F)(F)F)ccc2OC)ccc1C. The summed E-state index contributed by atoms with van der Waals surface area (Å²) in [4.78, 5) is 30.2. The summed E-state index contributed by atoms with van der Waals surface area (Å²) in [5, 5.41) is 5.58. The number of alkyl halides is 3. The van der Waals surface area contributed by atoms with Gasteiger partial charge in [-0.15, -0.1) is 0 Å². The maximum absolute atomic E-state index is 13.2. The van der Waals surface area contributed by atoms with Crippen LogP contribution in [-0.4, -0.2) is 74.9 Å². The van der Waals surface area contributed by atoms with Gasteiger partial charge in [0.1, 0.15) is 23.0 Å². The highest BCUT2D eigenvalue weighted by Crippen LogP contribution is 2.35. The predicted molar refractivity (Wildman–Crippen MR) is 157 cm³/mol. The Kier molecular flexibility index (Phi) is 9.90. The minimum atomic E-state index is -4.58. The van der Waals surface area contributed by atoms with E-state index < -0.39 is 17.6 Å². The molecule has 1 amide bonds. The summed E-state index contributed by atoms with van der Waals surface area (Å²) in [5.41, 5.74) is 7.53. The fourth-order valence-electron chi connectivity index (χ4n) is 3.67. The molecule has 4 N–H and O–H groups in total. The lowest BCUT2D eigenvalue weighted by molar-refractivity contribution is -0.137. The van der Waals surface area contributed by atoms with Crippen LogP contribution in [0.2, 0.25) is 0 Å². The Morgan fingerprint density at radius 3 is 2.49 bits per heavy atom. The van der Waals surface area contributed by atoms with Gasteiger partial charge in [0.15, 0.2) is 0 Å². The molecule has 0 aromatic heterocycles. The molecule has 1 heterocycles. The van der Waals surface area contributed by atoms with Crippen molar-refractivity contribution in [3.63, 3.8) is 0 Å². The van der Waals surface area contributed by atoms with Crippen LogP contribution in [0.3, 0.4) is 0 Å². The van der Waals surface area contributed by atoms with E-state index in [4.69, 9.17) is 10.5 Å². The Morgan fingerprint density at radius 1 is 1.12 bits per heavy atom. The van der Waals surface area contributed by atoms with Crippen LogP contribution >= 0.6 is 0 Å². The summed E-state index contributed by atoms with van der Waals surface area (Å²) in [7, 11) is 7.10. The first kappa shape index (κ1) is 30.9. The number of carbonyl (C=O) groups excluding carboxylic acids is 1. The van der Waals surface area contributed by atoms with Crippen LogP contribution in [-0.2, 0) is 6.18 Å². The van der Waals surface area contributed by atoms with Gasteiger partial charge in [-0.2, -0.15) is 13.2 Å². The van der Waals surface area contributed by atoms with Crippen LogP contribution in [0.25, 0.3) is 0 Å². The Hall–Kier alpha value is -4.65. The number of likely N-dealkylation sites (N-methyl/N-ethyl adjacent to an activating group) is 2. The molecule has 0 aliphatic carbocycles. The zero-order valence-electron chi connectivity index (χ0n) is 23.5. The van der Waals surface area contributed by atoms with Crippen LogP contribution in [0.5, 0.6) is 5.75 Å². The lowest BCUT2D eigenvalue weighted by Gasteiger charge is -2.23. The van der Waals surface area contributed by atoms with Gasteiger partial charge >= 0.3 is 6.18 Å². The second-order valence-electron chi connectivity index (χ2n) is 9.38. The van der Waals surface area contributed by atoms with Gasteiger partial charge in [0.05, 0.1) is 24.6 Å². The zero-order chi connectivity index (χ0) is 30.3. The van der Waals surface area contributed by atoms with Crippen LogP contribution in [0.1, 0.15) is 21.5 Å². The van der Waals surface area contributed by atoms with Gasteiger partial charge < -0.3 is 30.9 Å². The number of anilines is 2. The van der Waals surface area contributed by atoms with Crippen molar-refractivity contribution >= 4 is 35.2 Å². The van der Waals surface area contributed by atoms with Crippen molar-refractivity contribution in [2.24, 2.45) is 20.7 Å². The molecule has 1 aliphatic rings. The number of ether oxygens (including phenoxy) is 1. The van der Waals surface area contributed by atoms with Gasteiger partial charge in [-0.05, 0) is 56.9 Å². The molecule has 0 unspecified atom stereocenters. The van der Waals surface area contributed by atoms with E-state index in [1.807, 2.05) is 37.9 Å². The Balaban J connectivity index is 1.92. The van der Waals surface area contributed by atoms with Gasteiger partial charge in [0.2, 0.25) is 5.96 Å². The van der Waals surface area contributed by atoms with Crippen molar-refractivity contribution in [1.29, 1.82) is 0 Å². The van der Waals surface area contributed by atoms with E-state index in [1.54, 1.807) is 18.3 Å². The van der Waals surface area contributed by atoms with E-state index in [0.29, 0.717) is 29.6 Å². The molecule has 10 nitrogen and oxygen atoms in total. The van der Waals surface area contributed by atoms with Crippen molar-refractivity contribution < 1.29 is 22.7 Å². The number of aliphatic imine (C=N–C) groups is 3. The zero-order valence-corrected chi connectivity index (χ0v) is 23.5. The van der Waals surface area contributed by atoms with Gasteiger partial charge in [0.25, 0.3) is 5.91 Å². The quantitative estimate of drug-likeness (QED) is 0.413. The Bertz CT molecular complexity index is 1430. The number of amides is 1. The molecule has 41 heavy (non-hydrogen) atoms. The maximum Gasteiger partial charge on any atom is 0.416 e. The van der Waals surface area contributed by atoms with Gasteiger partial charge in [0, 0.05) is 37.6 Å². The van der Waals surface area contributed by atoms with E-state index in [9.17, 15) is 18.0 Å². The molecule has 2 aromatic rings. The van der Waals surface area contributed by atoms with Crippen molar-refractivity contribution in [3.8, 4) is 5.75 Å². The van der Waals surface area contributed by atoms with E-state index >= 15 is 0 Å². The number of nitrogens with zero attached hydrogens (tertiary/aromatic N) is 5. The number of hydrogen-bond acceptors (Lipinski definition) is 9. The predicted octanol–water partition coefficient (Wildman–Crippen LogP) is 4.33. The standard InChI is InChI=1S/C28H33F3N8O2/c1-7-33-22-16-34-27(39(5)13-12-38(3)4)37-24(22)25(32)35-20-14-18(9-8-17(20)2)26(40)36-21-15-19(28(29,30)31)10-11-23(21)41-6/h7-11,14-16,35H,1,12-13,32H2,2-6H3,(H,36,40)/b25-24-,33-22-. The number of allylic oxidation sites excluding steroid dienone is 1. The third-order valence-corrected chi connectivity index (χ3v) is 6.01. The van der Waals surface area contributed by atoms with E-state index in [2.05, 4.69) is 32.2 Å². The normalized spacial score (nSPS) is 15.4. The number of methoxy groups -OCH3 is 1. The second kappa shape index (κ2) is 13.1. The monoisotopic (exact) mass is 570 g/mol. The highest BCUT2D eigenvalue weighted by atomic mass is 19.4. The molecular weight excluding hydrogens is 537 g/mol. The van der Waals surface area contributed by atoms with E-state index in [-0.39, 0.29) is 22.8 Å². The van der Waals surface area contributed by atoms with Crippen LogP contribution in [0, 0.1) is 6.92 Å². The average molecular weight is 571 g/mol. The lowest BCUT2D eigenvalue weighted by atomic mass is 10.1. The molecular formula is C28H33F3N8O2. The first-order chi connectivity index (χ1) is 19.3.